The van der Waals surface area contributed by atoms with Crippen molar-refractivity contribution in [1.82, 2.24) is 4.98 Å². The first-order valence-corrected chi connectivity index (χ1v) is 5.93. The van der Waals surface area contributed by atoms with E-state index in [1.165, 1.54) is 0 Å². The van der Waals surface area contributed by atoms with Gasteiger partial charge in [0.1, 0.15) is 6.61 Å². The van der Waals surface area contributed by atoms with Gasteiger partial charge in [-0.3, -0.25) is 15.1 Å². The van der Waals surface area contributed by atoms with Crippen LogP contribution < -0.4 is 4.74 Å². The van der Waals surface area contributed by atoms with Crippen molar-refractivity contribution >= 4 is 17.3 Å². The molecule has 6 heteroatoms. The van der Waals surface area contributed by atoms with Gasteiger partial charge in [0.15, 0.2) is 5.75 Å². The summed E-state index contributed by atoms with van der Waals surface area (Å²) in [5.41, 5.74) is 1.15. The van der Waals surface area contributed by atoms with Crippen molar-refractivity contribution < 1.29 is 9.66 Å². The third-order valence-electron chi connectivity index (χ3n) is 2.54. The average Bonchev–Trinajstić information content (AvgIpc) is 2.36. The number of pyridine rings is 1. The maximum absolute atomic E-state index is 11.0. The molecule has 0 atom stereocenters. The Morgan fingerprint density at radius 1 is 1.42 bits per heavy atom. The molecular formula is C13H11ClN2O3. The lowest BCUT2D eigenvalue weighted by molar-refractivity contribution is -0.386. The fraction of sp³-hybridized carbons (Fsp3) is 0.154. The van der Waals surface area contributed by atoms with Gasteiger partial charge in [0.25, 0.3) is 0 Å². The van der Waals surface area contributed by atoms with Gasteiger partial charge in [0, 0.05) is 16.8 Å². The normalized spacial score (nSPS) is 10.2. The van der Waals surface area contributed by atoms with Gasteiger partial charge in [0.2, 0.25) is 0 Å². The number of ether oxygens (including phenoxy) is 1. The molecule has 0 aliphatic rings. The summed E-state index contributed by atoms with van der Waals surface area (Å²) in [6.07, 6.45) is 1.56. The Hall–Kier alpha value is -2.14. The number of nitro benzene ring substituents is 1. The summed E-state index contributed by atoms with van der Waals surface area (Å²) in [7, 11) is 0. The van der Waals surface area contributed by atoms with E-state index in [2.05, 4.69) is 4.98 Å². The molecule has 5 nitrogen and oxygen atoms in total. The molecule has 0 amide bonds. The minimum atomic E-state index is -0.448. The number of hydrogen-bond donors (Lipinski definition) is 0. The summed E-state index contributed by atoms with van der Waals surface area (Å²) in [5.74, 6) is 0.228. The molecule has 0 aliphatic heterocycles. The minimum Gasteiger partial charge on any atom is -0.480 e. The van der Waals surface area contributed by atoms with Crippen molar-refractivity contribution in [3.8, 4) is 5.75 Å². The topological polar surface area (TPSA) is 65.3 Å². The van der Waals surface area contributed by atoms with Crippen LogP contribution in [0.1, 0.15) is 11.3 Å². The molecular weight excluding hydrogens is 268 g/mol. The highest BCUT2D eigenvalue weighted by molar-refractivity contribution is 6.30. The first-order valence-electron chi connectivity index (χ1n) is 5.55. The van der Waals surface area contributed by atoms with E-state index in [1.54, 1.807) is 43.5 Å². The SMILES string of the molecule is Cc1cccc(OCc2cc(Cl)ccn2)c1[N+](=O)[O-]. The highest BCUT2D eigenvalue weighted by Crippen LogP contribution is 2.30. The molecule has 0 saturated carbocycles. The molecule has 0 N–H and O–H groups in total. The van der Waals surface area contributed by atoms with Crippen molar-refractivity contribution in [1.29, 1.82) is 0 Å². The summed E-state index contributed by atoms with van der Waals surface area (Å²) in [5, 5.41) is 11.5. The number of para-hydroxylation sites is 1. The van der Waals surface area contributed by atoms with Gasteiger partial charge in [-0.2, -0.15) is 0 Å². The number of rotatable bonds is 4. The van der Waals surface area contributed by atoms with Crippen LogP contribution in [0.15, 0.2) is 36.5 Å². The fourth-order valence-electron chi connectivity index (χ4n) is 1.66. The van der Waals surface area contributed by atoms with Crippen LogP contribution in [0, 0.1) is 17.0 Å². The minimum absolute atomic E-state index is 0.0236. The molecule has 1 aromatic carbocycles. The number of hydrogen-bond acceptors (Lipinski definition) is 4. The lowest BCUT2D eigenvalue weighted by Crippen LogP contribution is -2.01. The van der Waals surface area contributed by atoms with Crippen molar-refractivity contribution in [3.05, 3.63) is 62.9 Å². The van der Waals surface area contributed by atoms with E-state index in [4.69, 9.17) is 16.3 Å². The van der Waals surface area contributed by atoms with Crippen LogP contribution in [-0.4, -0.2) is 9.91 Å². The van der Waals surface area contributed by atoms with Crippen LogP contribution >= 0.6 is 11.6 Å². The number of nitro groups is 1. The summed E-state index contributed by atoms with van der Waals surface area (Å²) in [6, 6.07) is 8.25. The van der Waals surface area contributed by atoms with Gasteiger partial charge < -0.3 is 4.74 Å². The molecule has 0 fully saturated rings. The van der Waals surface area contributed by atoms with E-state index in [0.29, 0.717) is 16.3 Å². The van der Waals surface area contributed by atoms with Crippen LogP contribution in [-0.2, 0) is 6.61 Å². The van der Waals surface area contributed by atoms with Crippen LogP contribution in [0.2, 0.25) is 5.02 Å². The number of nitrogens with zero attached hydrogens (tertiary/aromatic N) is 2. The second kappa shape index (κ2) is 5.67. The Morgan fingerprint density at radius 3 is 2.89 bits per heavy atom. The summed E-state index contributed by atoms with van der Waals surface area (Å²) in [4.78, 5) is 14.6. The second-order valence-corrected chi connectivity index (χ2v) is 4.37. The Morgan fingerprint density at radius 2 is 2.21 bits per heavy atom. The zero-order chi connectivity index (χ0) is 13.8. The van der Waals surface area contributed by atoms with Gasteiger partial charge in [-0.25, -0.2) is 0 Å². The van der Waals surface area contributed by atoms with Gasteiger partial charge in [-0.1, -0.05) is 23.7 Å². The van der Waals surface area contributed by atoms with Gasteiger partial charge >= 0.3 is 5.69 Å². The van der Waals surface area contributed by atoms with Crippen LogP contribution in [0.4, 0.5) is 5.69 Å². The number of aryl methyl sites for hydroxylation is 1. The van der Waals surface area contributed by atoms with Crippen molar-refractivity contribution in [3.63, 3.8) is 0 Å². The van der Waals surface area contributed by atoms with Gasteiger partial charge in [-0.05, 0) is 25.1 Å². The van der Waals surface area contributed by atoms with Crippen molar-refractivity contribution in [2.45, 2.75) is 13.5 Å². The molecule has 19 heavy (non-hydrogen) atoms. The molecule has 1 heterocycles. The predicted octanol–water partition coefficient (Wildman–Crippen LogP) is 3.53. The first-order chi connectivity index (χ1) is 9.08. The van der Waals surface area contributed by atoms with E-state index in [9.17, 15) is 10.1 Å². The molecule has 0 saturated heterocycles. The van der Waals surface area contributed by atoms with Crippen LogP contribution in [0.5, 0.6) is 5.75 Å². The molecule has 0 radical (unpaired) electrons. The van der Waals surface area contributed by atoms with Crippen LogP contribution in [0.25, 0.3) is 0 Å². The van der Waals surface area contributed by atoms with Gasteiger partial charge in [0.05, 0.1) is 10.6 Å². The maximum atomic E-state index is 11.0. The van der Waals surface area contributed by atoms with Crippen LogP contribution in [0.3, 0.4) is 0 Å². The molecule has 0 unspecified atom stereocenters. The quantitative estimate of drug-likeness (QED) is 0.634. The Kier molecular flexibility index (Phi) is 3.97. The predicted molar refractivity (Wildman–Crippen MR) is 71.4 cm³/mol. The smallest absolute Gasteiger partial charge is 0.313 e. The van der Waals surface area contributed by atoms with E-state index >= 15 is 0 Å². The fourth-order valence-corrected chi connectivity index (χ4v) is 1.84. The average molecular weight is 279 g/mol. The molecule has 2 aromatic rings. The third-order valence-corrected chi connectivity index (χ3v) is 2.77. The Labute approximate surface area is 115 Å². The zero-order valence-corrected chi connectivity index (χ0v) is 10.9. The number of benzene rings is 1. The van der Waals surface area contributed by atoms with Gasteiger partial charge in [-0.15, -0.1) is 0 Å². The van der Waals surface area contributed by atoms with Crippen molar-refractivity contribution in [2.75, 3.05) is 0 Å². The highest BCUT2D eigenvalue weighted by Gasteiger charge is 2.18. The lowest BCUT2D eigenvalue weighted by atomic mass is 10.2. The zero-order valence-electron chi connectivity index (χ0n) is 10.2. The largest absolute Gasteiger partial charge is 0.480 e. The monoisotopic (exact) mass is 278 g/mol. The lowest BCUT2D eigenvalue weighted by Gasteiger charge is -2.07. The number of halogens is 1. The molecule has 1 aromatic heterocycles. The van der Waals surface area contributed by atoms with E-state index < -0.39 is 4.92 Å². The second-order valence-electron chi connectivity index (χ2n) is 3.93. The highest BCUT2D eigenvalue weighted by atomic mass is 35.5. The third kappa shape index (κ3) is 3.20. The molecule has 2 rings (SSSR count). The van der Waals surface area contributed by atoms with E-state index in [-0.39, 0.29) is 18.0 Å². The van der Waals surface area contributed by atoms with Crippen molar-refractivity contribution in [2.24, 2.45) is 0 Å². The van der Waals surface area contributed by atoms with E-state index in [0.717, 1.165) is 0 Å². The molecule has 0 bridgehead atoms. The summed E-state index contributed by atoms with van der Waals surface area (Å²) < 4.78 is 5.46. The number of aromatic nitrogens is 1. The Bertz CT molecular complexity index is 617. The summed E-state index contributed by atoms with van der Waals surface area (Å²) >= 11 is 5.83. The molecule has 0 spiro atoms. The molecule has 0 aliphatic carbocycles. The Balaban J connectivity index is 2.20. The standard InChI is InChI=1S/C13H11ClN2O3/c1-9-3-2-4-12(13(9)16(17)18)19-8-11-7-10(14)5-6-15-11/h2-7H,8H2,1H3. The molecule has 98 valence electrons. The first kappa shape index (κ1) is 13.3. The summed E-state index contributed by atoms with van der Waals surface area (Å²) in [6.45, 7) is 1.80. The maximum Gasteiger partial charge on any atom is 0.313 e. The van der Waals surface area contributed by atoms with E-state index in [1.807, 2.05) is 0 Å².